The number of hydrogen-bond donors (Lipinski definition) is 2. The first-order chi connectivity index (χ1) is 11.5. The molecule has 0 saturated carbocycles. The van der Waals surface area contributed by atoms with Crippen molar-refractivity contribution in [2.24, 2.45) is 0 Å². The normalized spacial score (nSPS) is 16.5. The number of carbonyl (C=O) groups excluding carboxylic acids is 1. The van der Waals surface area contributed by atoms with Crippen LogP contribution in [0.5, 0.6) is 0 Å². The summed E-state index contributed by atoms with van der Waals surface area (Å²) in [5.74, 6) is -1.86. The molecule has 0 aromatic rings. The van der Waals surface area contributed by atoms with Gasteiger partial charge in [-0.25, -0.2) is 0 Å². The third kappa shape index (κ3) is 5.32. The number of allylic oxidation sites excluding steroid dienone is 8. The Labute approximate surface area is 147 Å². The average Bonchev–Trinajstić information content (AvgIpc) is 3.15. The van der Waals surface area contributed by atoms with E-state index in [1.807, 2.05) is 12.2 Å². The van der Waals surface area contributed by atoms with E-state index in [9.17, 15) is 14.4 Å². The van der Waals surface area contributed by atoms with E-state index >= 15 is 0 Å². The molecule has 0 aromatic heterocycles. The number of aliphatic carboxylic acids is 2. The van der Waals surface area contributed by atoms with E-state index in [2.05, 4.69) is 6.08 Å². The number of hydrogen-bond acceptors (Lipinski definition) is 3. The van der Waals surface area contributed by atoms with Crippen molar-refractivity contribution in [3.8, 4) is 0 Å². The quantitative estimate of drug-likeness (QED) is 0.575. The molecule has 5 nitrogen and oxygen atoms in total. The average molecular weight is 372 g/mol. The molecule has 0 aliphatic heterocycles. The van der Waals surface area contributed by atoms with Crippen molar-refractivity contribution in [1.29, 1.82) is 0 Å². The molecule has 0 spiro atoms. The second-order valence-corrected chi connectivity index (χ2v) is 7.19. The van der Waals surface area contributed by atoms with E-state index in [-0.39, 0.29) is 25.0 Å². The SMILES string of the molecule is O=C(O)CCCC1=[C]([Fe][C]2=C(C(=O)CCC(=O)O)C=CC2)CC=C1. The van der Waals surface area contributed by atoms with Crippen LogP contribution in [0.2, 0.25) is 0 Å². The summed E-state index contributed by atoms with van der Waals surface area (Å²) in [6.07, 6.45) is 10.8. The van der Waals surface area contributed by atoms with Gasteiger partial charge < -0.3 is 0 Å². The molecule has 0 heterocycles. The summed E-state index contributed by atoms with van der Waals surface area (Å²) in [5.41, 5.74) is 1.83. The van der Waals surface area contributed by atoms with Crippen LogP contribution in [0.1, 0.15) is 44.9 Å². The summed E-state index contributed by atoms with van der Waals surface area (Å²) in [6.45, 7) is 0. The van der Waals surface area contributed by atoms with Gasteiger partial charge in [0.15, 0.2) is 0 Å². The van der Waals surface area contributed by atoms with Crippen molar-refractivity contribution in [1.82, 2.24) is 0 Å². The molecule has 0 amide bonds. The minimum absolute atomic E-state index is 0.0290. The van der Waals surface area contributed by atoms with Crippen molar-refractivity contribution >= 4 is 17.7 Å². The Morgan fingerprint density at radius 3 is 2.29 bits per heavy atom. The van der Waals surface area contributed by atoms with Gasteiger partial charge in [0.25, 0.3) is 0 Å². The van der Waals surface area contributed by atoms with Crippen molar-refractivity contribution < 1.29 is 39.6 Å². The number of rotatable bonds is 10. The molecule has 0 bridgehead atoms. The van der Waals surface area contributed by atoms with Crippen LogP contribution in [-0.2, 0) is 29.3 Å². The van der Waals surface area contributed by atoms with Gasteiger partial charge in [0, 0.05) is 0 Å². The third-order valence-electron chi connectivity index (χ3n) is 3.73. The molecule has 0 unspecified atom stereocenters. The monoisotopic (exact) mass is 372 g/mol. The number of Topliss-reactive ketones (excluding diaryl/α,β-unsaturated/α-hetero) is 1. The summed E-state index contributed by atoms with van der Waals surface area (Å²) in [7, 11) is 0. The predicted molar refractivity (Wildman–Crippen MR) is 84.9 cm³/mol. The van der Waals surface area contributed by atoms with Crippen LogP contribution in [0.4, 0.5) is 0 Å². The van der Waals surface area contributed by atoms with Gasteiger partial charge in [-0.1, -0.05) is 0 Å². The first-order valence-electron chi connectivity index (χ1n) is 7.84. The standard InChI is InChI=1S/C9H9O3.C9H11O2.Fe/c10-8(5-6-9(11)12)7-3-1-2-4-7;10-9(11)7-3-6-8-4-1-2-5-8;/h1,3H,2,5-6H2,(H,11,12);1,4H,2-3,6-7H2,(H,10,11);. The Bertz CT molecular complexity index is 667. The summed E-state index contributed by atoms with van der Waals surface area (Å²) < 4.78 is 2.28. The topological polar surface area (TPSA) is 91.7 Å². The number of carboxylic acid groups (broad SMARTS) is 2. The van der Waals surface area contributed by atoms with Gasteiger partial charge in [0.1, 0.15) is 0 Å². The van der Waals surface area contributed by atoms with E-state index in [0.717, 1.165) is 23.7 Å². The van der Waals surface area contributed by atoms with Crippen LogP contribution in [0, 0.1) is 0 Å². The molecule has 24 heavy (non-hydrogen) atoms. The Balaban J connectivity index is 2.02. The molecule has 0 radical (unpaired) electrons. The van der Waals surface area contributed by atoms with Gasteiger partial charge in [0.2, 0.25) is 0 Å². The zero-order valence-corrected chi connectivity index (χ0v) is 14.3. The Morgan fingerprint density at radius 2 is 1.58 bits per heavy atom. The summed E-state index contributed by atoms with van der Waals surface area (Å²) in [4.78, 5) is 33.5. The molecule has 130 valence electrons. The molecular formula is C18H20FeO5. The molecule has 0 atom stereocenters. The molecule has 6 heteroatoms. The van der Waals surface area contributed by atoms with Crippen molar-refractivity contribution in [2.45, 2.75) is 44.9 Å². The molecule has 0 saturated heterocycles. The Hall–Kier alpha value is -1.91. The maximum atomic E-state index is 12.2. The summed E-state index contributed by atoms with van der Waals surface area (Å²) in [6, 6.07) is 0. The number of ketones is 1. The summed E-state index contributed by atoms with van der Waals surface area (Å²) in [5, 5.41) is 17.5. The van der Waals surface area contributed by atoms with E-state index < -0.39 is 11.9 Å². The second-order valence-electron chi connectivity index (χ2n) is 5.58. The van der Waals surface area contributed by atoms with Gasteiger partial charge in [-0.3, -0.25) is 0 Å². The van der Waals surface area contributed by atoms with Gasteiger partial charge >= 0.3 is 147 Å². The van der Waals surface area contributed by atoms with Crippen LogP contribution < -0.4 is 0 Å². The number of carboxylic acids is 2. The first-order valence-corrected chi connectivity index (χ1v) is 8.95. The van der Waals surface area contributed by atoms with Gasteiger partial charge in [-0.2, -0.15) is 0 Å². The fourth-order valence-corrected chi connectivity index (χ4v) is 4.23. The Morgan fingerprint density at radius 1 is 0.917 bits per heavy atom. The fraction of sp³-hybridized carbons (Fsp3) is 0.389. The van der Waals surface area contributed by atoms with Crippen molar-refractivity contribution in [3.63, 3.8) is 0 Å². The minimum atomic E-state index is -0.962. The van der Waals surface area contributed by atoms with E-state index in [4.69, 9.17) is 10.2 Å². The van der Waals surface area contributed by atoms with Crippen LogP contribution in [0.15, 0.2) is 44.4 Å². The van der Waals surface area contributed by atoms with Crippen LogP contribution in [0.25, 0.3) is 0 Å². The molecule has 2 N–H and O–H groups in total. The van der Waals surface area contributed by atoms with E-state index in [1.165, 1.54) is 10.0 Å². The fourth-order valence-electron chi connectivity index (χ4n) is 2.54. The predicted octanol–water partition coefficient (Wildman–Crippen LogP) is 3.19. The zero-order chi connectivity index (χ0) is 17.5. The van der Waals surface area contributed by atoms with Gasteiger partial charge in [0.05, 0.1) is 0 Å². The van der Waals surface area contributed by atoms with Crippen molar-refractivity contribution in [3.05, 3.63) is 44.4 Å². The van der Waals surface area contributed by atoms with Crippen LogP contribution in [-0.4, -0.2) is 27.9 Å². The molecule has 0 fully saturated rings. The summed E-state index contributed by atoms with van der Waals surface area (Å²) >= 11 is 0.705. The Kier molecular flexibility index (Phi) is 6.76. The number of carbonyl (C=O) groups is 3. The van der Waals surface area contributed by atoms with Gasteiger partial charge in [-0.05, 0) is 0 Å². The molecule has 2 aliphatic carbocycles. The molecule has 2 rings (SSSR count). The third-order valence-corrected chi connectivity index (χ3v) is 5.50. The van der Waals surface area contributed by atoms with Crippen LogP contribution >= 0.6 is 0 Å². The maximum absolute atomic E-state index is 12.2. The second kappa shape index (κ2) is 8.81. The first kappa shape index (κ1) is 18.4. The van der Waals surface area contributed by atoms with Gasteiger partial charge in [-0.15, -0.1) is 0 Å². The van der Waals surface area contributed by atoms with E-state index in [0.29, 0.717) is 27.0 Å². The van der Waals surface area contributed by atoms with Crippen LogP contribution in [0.3, 0.4) is 0 Å². The molecule has 2 aliphatic rings. The molecular weight excluding hydrogens is 352 g/mol. The van der Waals surface area contributed by atoms with E-state index in [1.54, 1.807) is 6.08 Å². The molecule has 0 aromatic carbocycles. The van der Waals surface area contributed by atoms with Crippen molar-refractivity contribution in [2.75, 3.05) is 0 Å². The zero-order valence-electron chi connectivity index (χ0n) is 13.2.